The Bertz CT molecular complexity index is 532. The fourth-order valence-electron chi connectivity index (χ4n) is 3.95. The summed E-state index contributed by atoms with van der Waals surface area (Å²) in [6.07, 6.45) is 2.82. The minimum absolute atomic E-state index is 0.0714. The maximum absolute atomic E-state index is 12.8. The molecule has 0 spiro atoms. The highest BCUT2D eigenvalue weighted by Gasteiger charge is 2.38. The van der Waals surface area contributed by atoms with E-state index in [9.17, 15) is 4.79 Å². The van der Waals surface area contributed by atoms with Crippen molar-refractivity contribution < 1.29 is 4.79 Å². The Morgan fingerprint density at radius 1 is 1.22 bits per heavy atom. The molecule has 0 aliphatic carbocycles. The van der Waals surface area contributed by atoms with E-state index in [1.807, 2.05) is 12.1 Å². The molecular weight excluding hydrogens is 286 g/mol. The van der Waals surface area contributed by atoms with Gasteiger partial charge in [-0.2, -0.15) is 0 Å². The molecule has 0 saturated carbocycles. The van der Waals surface area contributed by atoms with Gasteiger partial charge in [0, 0.05) is 28.4 Å². The molecule has 4 N–H and O–H groups in total. The van der Waals surface area contributed by atoms with E-state index < -0.39 is 0 Å². The summed E-state index contributed by atoms with van der Waals surface area (Å²) in [6, 6.07) is 7.40. The normalized spacial score (nSPS) is 21.8. The molecule has 1 heterocycles. The number of Topliss-reactive ketones (excluding diaryl/α,β-unsaturated/α-hetero) is 1. The molecule has 4 nitrogen and oxygen atoms in total. The number of carbonyl (C=O) groups is 1. The number of ketones is 1. The second kappa shape index (κ2) is 6.62. The summed E-state index contributed by atoms with van der Waals surface area (Å²) < 4.78 is 0. The standard InChI is InChI=1S/C19H31N3O/c1-6-16(17(23)13-7-9-14(20)10-8-13)21-15-11-18(2,3)22-19(4,5)12-15/h7-10,15-16,21-22H,6,11-12,20H2,1-5H3. The molecule has 1 atom stereocenters. The number of nitrogens with two attached hydrogens (primary N) is 1. The summed E-state index contributed by atoms with van der Waals surface area (Å²) in [5.74, 6) is 0.154. The van der Waals surface area contributed by atoms with Crippen LogP contribution in [0, 0.1) is 0 Å². The van der Waals surface area contributed by atoms with Gasteiger partial charge in [-0.25, -0.2) is 0 Å². The van der Waals surface area contributed by atoms with Crippen LogP contribution in [0.5, 0.6) is 0 Å². The largest absolute Gasteiger partial charge is 0.399 e. The van der Waals surface area contributed by atoms with E-state index in [-0.39, 0.29) is 22.9 Å². The van der Waals surface area contributed by atoms with E-state index in [4.69, 9.17) is 5.73 Å². The van der Waals surface area contributed by atoms with Crippen molar-refractivity contribution in [1.29, 1.82) is 0 Å². The molecule has 1 aliphatic rings. The Morgan fingerprint density at radius 2 is 1.74 bits per heavy atom. The van der Waals surface area contributed by atoms with Gasteiger partial charge in [0.2, 0.25) is 0 Å². The van der Waals surface area contributed by atoms with E-state index in [2.05, 4.69) is 45.3 Å². The van der Waals surface area contributed by atoms with Crippen molar-refractivity contribution in [2.75, 3.05) is 5.73 Å². The van der Waals surface area contributed by atoms with Gasteiger partial charge in [-0.1, -0.05) is 6.92 Å². The van der Waals surface area contributed by atoms with Gasteiger partial charge in [-0.15, -0.1) is 0 Å². The molecular formula is C19H31N3O. The van der Waals surface area contributed by atoms with Gasteiger partial charge >= 0.3 is 0 Å². The molecule has 1 aromatic carbocycles. The highest BCUT2D eigenvalue weighted by atomic mass is 16.1. The maximum Gasteiger partial charge on any atom is 0.179 e. The van der Waals surface area contributed by atoms with Crippen LogP contribution in [0.25, 0.3) is 0 Å². The molecule has 1 aromatic rings. The van der Waals surface area contributed by atoms with Gasteiger partial charge in [0.15, 0.2) is 5.78 Å². The number of benzene rings is 1. The van der Waals surface area contributed by atoms with E-state index in [0.717, 1.165) is 24.8 Å². The van der Waals surface area contributed by atoms with Crippen LogP contribution in [-0.2, 0) is 0 Å². The van der Waals surface area contributed by atoms with E-state index in [1.54, 1.807) is 12.1 Å². The fraction of sp³-hybridized carbons (Fsp3) is 0.632. The average molecular weight is 317 g/mol. The van der Waals surface area contributed by atoms with Crippen molar-refractivity contribution in [2.24, 2.45) is 0 Å². The Labute approximate surface area is 140 Å². The molecule has 0 bridgehead atoms. The van der Waals surface area contributed by atoms with Crippen LogP contribution >= 0.6 is 0 Å². The van der Waals surface area contributed by atoms with Crippen LogP contribution in [0.15, 0.2) is 24.3 Å². The van der Waals surface area contributed by atoms with Crippen molar-refractivity contribution in [1.82, 2.24) is 10.6 Å². The molecule has 1 fully saturated rings. The molecule has 4 heteroatoms. The van der Waals surface area contributed by atoms with Crippen LogP contribution in [0.3, 0.4) is 0 Å². The van der Waals surface area contributed by atoms with Crippen molar-refractivity contribution in [3.05, 3.63) is 29.8 Å². The van der Waals surface area contributed by atoms with Gasteiger partial charge in [0.1, 0.15) is 0 Å². The van der Waals surface area contributed by atoms with Crippen LogP contribution in [-0.4, -0.2) is 28.9 Å². The lowest BCUT2D eigenvalue weighted by molar-refractivity contribution is 0.0892. The number of nitrogen functional groups attached to an aromatic ring is 1. The second-order valence-electron chi connectivity index (χ2n) is 8.11. The van der Waals surface area contributed by atoms with Crippen molar-refractivity contribution in [2.45, 2.75) is 77.0 Å². The molecule has 0 radical (unpaired) electrons. The number of carbonyl (C=O) groups excluding carboxylic acids is 1. The van der Waals surface area contributed by atoms with Gasteiger partial charge in [0.05, 0.1) is 6.04 Å². The first-order valence-corrected chi connectivity index (χ1v) is 8.57. The highest BCUT2D eigenvalue weighted by Crippen LogP contribution is 2.29. The summed E-state index contributed by atoms with van der Waals surface area (Å²) in [4.78, 5) is 12.8. The number of nitrogens with one attached hydrogen (secondary N) is 2. The van der Waals surface area contributed by atoms with Gasteiger partial charge in [0.25, 0.3) is 0 Å². The molecule has 1 saturated heterocycles. The Hall–Kier alpha value is -1.39. The van der Waals surface area contributed by atoms with Gasteiger partial charge < -0.3 is 16.4 Å². The number of hydrogen-bond donors (Lipinski definition) is 3. The molecule has 2 rings (SSSR count). The summed E-state index contributed by atoms with van der Waals surface area (Å²) in [5, 5.41) is 7.29. The zero-order valence-electron chi connectivity index (χ0n) is 15.1. The smallest absolute Gasteiger partial charge is 0.179 e. The van der Waals surface area contributed by atoms with Crippen molar-refractivity contribution in [3.8, 4) is 0 Å². The highest BCUT2D eigenvalue weighted by molar-refractivity contribution is 6.00. The minimum atomic E-state index is -0.145. The first kappa shape index (κ1) is 18.0. The van der Waals surface area contributed by atoms with Crippen molar-refractivity contribution in [3.63, 3.8) is 0 Å². The van der Waals surface area contributed by atoms with Crippen LogP contribution < -0.4 is 16.4 Å². The van der Waals surface area contributed by atoms with Crippen molar-refractivity contribution >= 4 is 11.5 Å². The SMILES string of the molecule is CCC(NC1CC(C)(C)NC(C)(C)C1)C(=O)c1ccc(N)cc1. The number of hydrogen-bond acceptors (Lipinski definition) is 4. The predicted octanol–water partition coefficient (Wildman–Crippen LogP) is 3.13. The lowest BCUT2D eigenvalue weighted by Crippen LogP contribution is -2.63. The monoisotopic (exact) mass is 317 g/mol. The Kier molecular flexibility index (Phi) is 5.17. The molecule has 23 heavy (non-hydrogen) atoms. The fourth-order valence-corrected chi connectivity index (χ4v) is 3.95. The van der Waals surface area contributed by atoms with E-state index in [1.165, 1.54) is 0 Å². The van der Waals surface area contributed by atoms with E-state index >= 15 is 0 Å². The average Bonchev–Trinajstić information content (AvgIpc) is 2.41. The van der Waals surface area contributed by atoms with Crippen LogP contribution in [0.1, 0.15) is 64.2 Å². The summed E-state index contributed by atoms with van der Waals surface area (Å²) in [7, 11) is 0. The number of anilines is 1. The van der Waals surface area contributed by atoms with Crippen LogP contribution in [0.4, 0.5) is 5.69 Å². The Balaban J connectivity index is 2.09. The van der Waals surface area contributed by atoms with E-state index in [0.29, 0.717) is 11.7 Å². The lowest BCUT2D eigenvalue weighted by atomic mass is 9.79. The molecule has 1 aliphatic heterocycles. The first-order valence-electron chi connectivity index (χ1n) is 8.57. The number of rotatable bonds is 5. The topological polar surface area (TPSA) is 67.1 Å². The lowest BCUT2D eigenvalue weighted by Gasteiger charge is -2.47. The zero-order valence-corrected chi connectivity index (χ0v) is 15.1. The zero-order chi connectivity index (χ0) is 17.3. The third-order valence-electron chi connectivity index (χ3n) is 4.55. The third-order valence-corrected chi connectivity index (χ3v) is 4.55. The molecule has 0 aromatic heterocycles. The molecule has 128 valence electrons. The van der Waals surface area contributed by atoms with Gasteiger partial charge in [-0.3, -0.25) is 4.79 Å². The van der Waals surface area contributed by atoms with Gasteiger partial charge in [-0.05, 0) is 71.2 Å². The minimum Gasteiger partial charge on any atom is -0.399 e. The molecule has 1 unspecified atom stereocenters. The molecule has 0 amide bonds. The second-order valence-corrected chi connectivity index (χ2v) is 8.11. The number of piperidine rings is 1. The predicted molar refractivity (Wildman–Crippen MR) is 96.7 cm³/mol. The maximum atomic E-state index is 12.8. The summed E-state index contributed by atoms with van der Waals surface area (Å²) in [6.45, 7) is 11.0. The third kappa shape index (κ3) is 4.79. The summed E-state index contributed by atoms with van der Waals surface area (Å²) in [5.41, 5.74) is 7.27. The Morgan fingerprint density at radius 3 is 2.22 bits per heavy atom. The first-order chi connectivity index (χ1) is 10.6. The summed E-state index contributed by atoms with van der Waals surface area (Å²) >= 11 is 0. The van der Waals surface area contributed by atoms with Crippen LogP contribution in [0.2, 0.25) is 0 Å². The quantitative estimate of drug-likeness (QED) is 0.576.